The molecule has 3 fully saturated rings. The van der Waals surface area contributed by atoms with Crippen LogP contribution in [0.2, 0.25) is 5.02 Å². The number of halogens is 1. The van der Waals surface area contributed by atoms with Gasteiger partial charge in [-0.3, -0.25) is 9.69 Å². The van der Waals surface area contributed by atoms with Crippen LogP contribution in [0.5, 0.6) is 5.75 Å². The summed E-state index contributed by atoms with van der Waals surface area (Å²) < 4.78 is 11.1. The molecule has 1 aromatic rings. The summed E-state index contributed by atoms with van der Waals surface area (Å²) in [6, 6.07) is 5.15. The van der Waals surface area contributed by atoms with Gasteiger partial charge in [0.05, 0.1) is 35.5 Å². The Balaban J connectivity index is 1.41. The molecule has 3 aliphatic rings. The number of nitrogens with zero attached hydrogens (tertiary/aromatic N) is 2. The van der Waals surface area contributed by atoms with E-state index in [-0.39, 0.29) is 18.1 Å². The van der Waals surface area contributed by atoms with E-state index in [0.29, 0.717) is 28.1 Å². The topological polar surface area (TPSA) is 80.1 Å². The van der Waals surface area contributed by atoms with Crippen LogP contribution in [0.3, 0.4) is 0 Å². The summed E-state index contributed by atoms with van der Waals surface area (Å²) in [6.07, 6.45) is 5.93. The number of rotatable bonds is 5. The number of ether oxygens (including phenoxy) is 2. The lowest BCUT2D eigenvalue weighted by Gasteiger charge is -2.46. The van der Waals surface area contributed by atoms with Crippen LogP contribution in [-0.4, -0.2) is 80.3 Å². The average molecular weight is 437 g/mol. The van der Waals surface area contributed by atoms with Crippen molar-refractivity contribution in [2.75, 3.05) is 40.1 Å². The molecule has 2 bridgehead atoms. The first kappa shape index (κ1) is 21.7. The van der Waals surface area contributed by atoms with E-state index in [0.717, 1.165) is 31.6 Å². The quantitative estimate of drug-likeness (QED) is 0.690. The van der Waals surface area contributed by atoms with Crippen LogP contribution in [0.4, 0.5) is 5.69 Å². The van der Waals surface area contributed by atoms with Gasteiger partial charge in [-0.05, 0) is 45.2 Å². The number of likely N-dealkylation sites (tertiary alicyclic amines) is 1. The van der Waals surface area contributed by atoms with Gasteiger partial charge in [0.15, 0.2) is 0 Å². The number of piperidine rings is 2. The highest BCUT2D eigenvalue weighted by molar-refractivity contribution is 6.33. The molecule has 4 atom stereocenters. The third kappa shape index (κ3) is 4.13. The average Bonchev–Trinajstić information content (AvgIpc) is 2.95. The number of methoxy groups -OCH3 is 2. The van der Waals surface area contributed by atoms with E-state index in [1.165, 1.54) is 32.8 Å². The van der Waals surface area contributed by atoms with E-state index in [4.69, 9.17) is 26.8 Å². The highest BCUT2D eigenvalue weighted by Gasteiger charge is 2.42. The fraction of sp³-hybridized carbons (Fsp3) is 0.682. The Morgan fingerprint density at radius 2 is 1.87 bits per heavy atom. The molecule has 3 N–H and O–H groups in total. The van der Waals surface area contributed by atoms with Crippen molar-refractivity contribution in [3.8, 4) is 5.75 Å². The van der Waals surface area contributed by atoms with Crippen molar-refractivity contribution < 1.29 is 14.3 Å². The maximum Gasteiger partial charge on any atom is 0.255 e. The van der Waals surface area contributed by atoms with E-state index in [1.54, 1.807) is 19.2 Å². The summed E-state index contributed by atoms with van der Waals surface area (Å²) in [5, 5.41) is 3.48. The molecule has 8 heteroatoms. The van der Waals surface area contributed by atoms with Crippen LogP contribution < -0.4 is 15.8 Å². The molecular formula is C22H33ClN4O3. The maximum atomic E-state index is 13.0. The Morgan fingerprint density at radius 1 is 1.17 bits per heavy atom. The largest absolute Gasteiger partial charge is 0.496 e. The Labute approximate surface area is 183 Å². The van der Waals surface area contributed by atoms with Crippen molar-refractivity contribution in [3.63, 3.8) is 0 Å². The van der Waals surface area contributed by atoms with Crippen molar-refractivity contribution in [2.45, 2.75) is 62.4 Å². The molecule has 30 heavy (non-hydrogen) atoms. The predicted octanol–water partition coefficient (Wildman–Crippen LogP) is 2.38. The van der Waals surface area contributed by atoms with Gasteiger partial charge >= 0.3 is 0 Å². The molecule has 3 saturated heterocycles. The molecule has 1 amide bonds. The highest BCUT2D eigenvalue weighted by atomic mass is 35.5. The number of nitrogen functional groups attached to an aromatic ring is 1. The van der Waals surface area contributed by atoms with E-state index in [9.17, 15) is 4.79 Å². The second kappa shape index (κ2) is 8.91. The molecule has 0 spiro atoms. The number of nitrogens with one attached hydrogen (secondary N) is 1. The number of carbonyl (C=O) groups is 1. The summed E-state index contributed by atoms with van der Waals surface area (Å²) in [4.78, 5) is 18.1. The maximum absolute atomic E-state index is 13.0. The lowest BCUT2D eigenvalue weighted by atomic mass is 9.92. The number of benzene rings is 1. The molecule has 3 heterocycles. The summed E-state index contributed by atoms with van der Waals surface area (Å²) in [7, 11) is 5.52. The minimum absolute atomic E-state index is 0.0461. The van der Waals surface area contributed by atoms with Gasteiger partial charge in [-0.15, -0.1) is 0 Å². The minimum atomic E-state index is -0.216. The third-order valence-electron chi connectivity index (χ3n) is 7.36. The van der Waals surface area contributed by atoms with Crippen molar-refractivity contribution in [3.05, 3.63) is 22.7 Å². The van der Waals surface area contributed by atoms with Crippen LogP contribution in [0, 0.1) is 0 Å². The monoisotopic (exact) mass is 436 g/mol. The minimum Gasteiger partial charge on any atom is -0.496 e. The van der Waals surface area contributed by atoms with Crippen molar-refractivity contribution in [1.29, 1.82) is 0 Å². The summed E-state index contributed by atoms with van der Waals surface area (Å²) >= 11 is 6.13. The molecule has 0 aliphatic carbocycles. The first-order chi connectivity index (χ1) is 14.4. The predicted molar refractivity (Wildman–Crippen MR) is 118 cm³/mol. The zero-order chi connectivity index (χ0) is 21.4. The molecule has 4 rings (SSSR count). The Hall–Kier alpha value is -1.54. The Morgan fingerprint density at radius 3 is 2.50 bits per heavy atom. The van der Waals surface area contributed by atoms with E-state index >= 15 is 0 Å². The van der Waals surface area contributed by atoms with Crippen molar-refractivity contribution >= 4 is 23.2 Å². The van der Waals surface area contributed by atoms with Crippen molar-refractivity contribution in [2.24, 2.45) is 0 Å². The first-order valence-electron chi connectivity index (χ1n) is 10.8. The summed E-state index contributed by atoms with van der Waals surface area (Å²) in [5.41, 5.74) is 6.62. The number of amides is 1. The number of carbonyl (C=O) groups excluding carboxylic acids is 1. The van der Waals surface area contributed by atoms with Gasteiger partial charge in [-0.1, -0.05) is 11.6 Å². The van der Waals surface area contributed by atoms with Crippen molar-refractivity contribution in [1.82, 2.24) is 15.1 Å². The molecule has 3 aliphatic heterocycles. The molecule has 166 valence electrons. The fourth-order valence-electron chi connectivity index (χ4n) is 5.52. The van der Waals surface area contributed by atoms with Crippen LogP contribution in [-0.2, 0) is 4.74 Å². The van der Waals surface area contributed by atoms with Gasteiger partial charge in [-0.2, -0.15) is 0 Å². The second-order valence-electron chi connectivity index (χ2n) is 8.89. The van der Waals surface area contributed by atoms with E-state index in [2.05, 4.69) is 22.2 Å². The fourth-order valence-corrected chi connectivity index (χ4v) is 5.68. The summed E-state index contributed by atoms with van der Waals surface area (Å²) in [6.45, 7) is 1.81. The van der Waals surface area contributed by atoms with Gasteiger partial charge in [0, 0.05) is 44.4 Å². The van der Waals surface area contributed by atoms with Gasteiger partial charge in [0.1, 0.15) is 5.75 Å². The highest BCUT2D eigenvalue weighted by Crippen LogP contribution is 2.37. The molecular weight excluding hydrogens is 404 g/mol. The van der Waals surface area contributed by atoms with Crippen LogP contribution >= 0.6 is 11.6 Å². The Kier molecular flexibility index (Phi) is 6.44. The van der Waals surface area contributed by atoms with E-state index < -0.39 is 0 Å². The molecule has 0 aromatic heterocycles. The number of anilines is 1. The standard InChI is InChI=1S/C22H33ClN4O3/c1-26-13-4-5-14(26)9-15(8-13)27-7-6-19(21(12-27)30-3)25-22(28)16-10-17(23)18(24)11-20(16)29-2/h10-11,13-15,19,21H,4-9,12,24H2,1-3H3,(H,25,28)/t13?,14?,15?,19-,21+/m1/s1. The number of nitrogens with two attached hydrogens (primary N) is 1. The van der Waals surface area contributed by atoms with Gasteiger partial charge in [0.25, 0.3) is 5.91 Å². The molecule has 0 saturated carbocycles. The summed E-state index contributed by atoms with van der Waals surface area (Å²) in [5.74, 6) is 0.203. The van der Waals surface area contributed by atoms with Crippen LogP contribution in [0.1, 0.15) is 42.5 Å². The Bertz CT molecular complexity index is 778. The lowest BCUT2D eigenvalue weighted by molar-refractivity contribution is -0.0240. The van der Waals surface area contributed by atoms with Gasteiger partial charge in [0.2, 0.25) is 0 Å². The lowest BCUT2D eigenvalue weighted by Crippen LogP contribution is -2.59. The molecule has 1 aromatic carbocycles. The number of fused-ring (bicyclic) bond motifs is 2. The SMILES string of the molecule is COc1cc(N)c(Cl)cc1C(=O)N[C@@H]1CCN(C2CC3CCC(C2)N3C)C[C@@H]1OC. The normalized spacial score (nSPS) is 32.2. The molecule has 0 radical (unpaired) electrons. The van der Waals surface area contributed by atoms with Gasteiger partial charge < -0.3 is 25.4 Å². The smallest absolute Gasteiger partial charge is 0.255 e. The van der Waals surface area contributed by atoms with Crippen LogP contribution in [0.25, 0.3) is 0 Å². The number of hydrogen-bond donors (Lipinski definition) is 2. The third-order valence-corrected chi connectivity index (χ3v) is 7.69. The zero-order valence-corrected chi connectivity index (χ0v) is 18.8. The number of hydrogen-bond acceptors (Lipinski definition) is 6. The molecule has 7 nitrogen and oxygen atoms in total. The first-order valence-corrected chi connectivity index (χ1v) is 11.2. The van der Waals surface area contributed by atoms with Crippen LogP contribution in [0.15, 0.2) is 12.1 Å². The zero-order valence-electron chi connectivity index (χ0n) is 18.1. The molecule has 2 unspecified atom stereocenters. The van der Waals surface area contributed by atoms with E-state index in [1.807, 2.05) is 0 Å². The second-order valence-corrected chi connectivity index (χ2v) is 9.29. The van der Waals surface area contributed by atoms with Gasteiger partial charge in [-0.25, -0.2) is 0 Å².